The van der Waals surface area contributed by atoms with Crippen LogP contribution in [0.1, 0.15) is 18.0 Å². The normalized spacial score (nSPS) is 17.1. The molecule has 0 spiro atoms. The van der Waals surface area contributed by atoms with Gasteiger partial charge in [0.15, 0.2) is 0 Å². The molecule has 122 valence electrons. The quantitative estimate of drug-likeness (QED) is 0.780. The molecule has 0 radical (unpaired) electrons. The molecule has 1 aliphatic rings. The summed E-state index contributed by atoms with van der Waals surface area (Å²) in [6.07, 6.45) is 3.22. The van der Waals surface area contributed by atoms with Gasteiger partial charge in [0.05, 0.1) is 11.6 Å². The zero-order valence-corrected chi connectivity index (χ0v) is 13.6. The highest BCUT2D eigenvalue weighted by Gasteiger charge is 2.21. The number of rotatable bonds is 5. The molecular weight excluding hydrogens is 298 g/mol. The Balaban J connectivity index is 1.63. The standard InChI is InChI=1S/C20H21N3O/c1-3-7-16(8-4-1)15-24-20-19(17-9-5-2-6-10-17)14-23(22-20)18-11-12-21-13-18/h1-10,14,18,21H,11-13,15H2. The summed E-state index contributed by atoms with van der Waals surface area (Å²) in [5, 5.41) is 8.13. The van der Waals surface area contributed by atoms with Crippen molar-refractivity contribution in [3.63, 3.8) is 0 Å². The van der Waals surface area contributed by atoms with Crippen molar-refractivity contribution in [2.75, 3.05) is 13.1 Å². The van der Waals surface area contributed by atoms with E-state index in [1.807, 2.05) is 36.4 Å². The van der Waals surface area contributed by atoms with Crippen LogP contribution in [0.2, 0.25) is 0 Å². The van der Waals surface area contributed by atoms with Crippen LogP contribution < -0.4 is 10.1 Å². The van der Waals surface area contributed by atoms with E-state index in [2.05, 4.69) is 40.5 Å². The van der Waals surface area contributed by atoms with Crippen LogP contribution >= 0.6 is 0 Å². The maximum atomic E-state index is 6.07. The number of hydrogen-bond donors (Lipinski definition) is 1. The Hall–Kier alpha value is -2.59. The summed E-state index contributed by atoms with van der Waals surface area (Å²) in [4.78, 5) is 0. The van der Waals surface area contributed by atoms with Gasteiger partial charge in [0.1, 0.15) is 6.61 Å². The van der Waals surface area contributed by atoms with E-state index in [1.165, 1.54) is 0 Å². The summed E-state index contributed by atoms with van der Waals surface area (Å²) in [5.41, 5.74) is 3.34. The van der Waals surface area contributed by atoms with Crippen molar-refractivity contribution in [2.24, 2.45) is 0 Å². The maximum Gasteiger partial charge on any atom is 0.241 e. The van der Waals surface area contributed by atoms with Crippen LogP contribution in [0.25, 0.3) is 11.1 Å². The average molecular weight is 319 g/mol. The van der Waals surface area contributed by atoms with Gasteiger partial charge in [0.2, 0.25) is 5.88 Å². The minimum Gasteiger partial charge on any atom is -0.471 e. The summed E-state index contributed by atoms with van der Waals surface area (Å²) in [6.45, 7) is 2.54. The van der Waals surface area contributed by atoms with Gasteiger partial charge in [0.25, 0.3) is 0 Å². The lowest BCUT2D eigenvalue weighted by atomic mass is 10.1. The predicted molar refractivity (Wildman–Crippen MR) is 95.0 cm³/mol. The molecule has 0 bridgehead atoms. The first-order chi connectivity index (χ1) is 11.9. The van der Waals surface area contributed by atoms with Crippen LogP contribution in [0.4, 0.5) is 0 Å². The number of hydrogen-bond acceptors (Lipinski definition) is 3. The van der Waals surface area contributed by atoms with Crippen molar-refractivity contribution < 1.29 is 4.74 Å². The first kappa shape index (κ1) is 15.0. The molecule has 1 unspecified atom stereocenters. The molecule has 1 atom stereocenters. The van der Waals surface area contributed by atoms with Crippen LogP contribution in [-0.2, 0) is 6.61 Å². The van der Waals surface area contributed by atoms with Gasteiger partial charge in [-0.2, -0.15) is 0 Å². The van der Waals surface area contributed by atoms with Gasteiger partial charge in [-0.1, -0.05) is 60.7 Å². The van der Waals surface area contributed by atoms with Crippen LogP contribution in [0.5, 0.6) is 5.88 Å². The van der Waals surface area contributed by atoms with Gasteiger partial charge < -0.3 is 10.1 Å². The van der Waals surface area contributed by atoms with Crippen LogP contribution in [0, 0.1) is 0 Å². The number of nitrogens with zero attached hydrogens (tertiary/aromatic N) is 2. The van der Waals surface area contributed by atoms with Crippen molar-refractivity contribution in [3.8, 4) is 17.0 Å². The molecule has 0 amide bonds. The molecule has 4 rings (SSSR count). The minimum absolute atomic E-state index is 0.404. The Morgan fingerprint density at radius 3 is 2.50 bits per heavy atom. The van der Waals surface area contributed by atoms with E-state index in [9.17, 15) is 0 Å². The molecule has 0 aliphatic carbocycles. The third-order valence-electron chi connectivity index (χ3n) is 4.41. The fourth-order valence-corrected chi connectivity index (χ4v) is 3.08. The predicted octanol–water partition coefficient (Wildman–Crippen LogP) is 3.66. The monoisotopic (exact) mass is 319 g/mol. The molecule has 2 heterocycles. The Kier molecular flexibility index (Phi) is 4.30. The van der Waals surface area contributed by atoms with E-state index in [0.717, 1.165) is 36.2 Å². The summed E-state index contributed by atoms with van der Waals surface area (Å²) in [7, 11) is 0. The molecule has 1 N–H and O–H groups in total. The molecule has 1 aromatic heterocycles. The fourth-order valence-electron chi connectivity index (χ4n) is 3.08. The highest BCUT2D eigenvalue weighted by molar-refractivity contribution is 5.67. The lowest BCUT2D eigenvalue weighted by Crippen LogP contribution is -2.13. The Morgan fingerprint density at radius 2 is 1.79 bits per heavy atom. The number of nitrogens with one attached hydrogen (secondary N) is 1. The van der Waals surface area contributed by atoms with Crippen molar-refractivity contribution in [1.29, 1.82) is 0 Å². The number of aromatic nitrogens is 2. The van der Waals surface area contributed by atoms with Crippen molar-refractivity contribution in [3.05, 3.63) is 72.4 Å². The maximum absolute atomic E-state index is 6.07. The summed E-state index contributed by atoms with van der Waals surface area (Å²) in [6, 6.07) is 20.9. The fraction of sp³-hybridized carbons (Fsp3) is 0.250. The average Bonchev–Trinajstić information content (AvgIpc) is 3.31. The third kappa shape index (κ3) is 3.19. The van der Waals surface area contributed by atoms with Crippen molar-refractivity contribution in [1.82, 2.24) is 15.1 Å². The highest BCUT2D eigenvalue weighted by atomic mass is 16.5. The van der Waals surface area contributed by atoms with Gasteiger partial charge in [-0.05, 0) is 24.1 Å². The summed E-state index contributed by atoms with van der Waals surface area (Å²) >= 11 is 0. The van der Waals surface area contributed by atoms with Crippen molar-refractivity contribution >= 4 is 0 Å². The van der Waals surface area contributed by atoms with E-state index >= 15 is 0 Å². The smallest absolute Gasteiger partial charge is 0.241 e. The number of benzene rings is 2. The highest BCUT2D eigenvalue weighted by Crippen LogP contribution is 2.31. The molecule has 1 aliphatic heterocycles. The van der Waals surface area contributed by atoms with Gasteiger partial charge in [0, 0.05) is 12.7 Å². The lowest BCUT2D eigenvalue weighted by Gasteiger charge is -2.08. The van der Waals surface area contributed by atoms with Crippen molar-refractivity contribution in [2.45, 2.75) is 19.1 Å². The first-order valence-electron chi connectivity index (χ1n) is 8.42. The zero-order chi connectivity index (χ0) is 16.2. The Morgan fingerprint density at radius 1 is 1.04 bits per heavy atom. The zero-order valence-electron chi connectivity index (χ0n) is 13.6. The van der Waals surface area contributed by atoms with E-state index in [4.69, 9.17) is 9.84 Å². The largest absolute Gasteiger partial charge is 0.471 e. The van der Waals surface area contributed by atoms with E-state index in [1.54, 1.807) is 0 Å². The Bertz CT molecular complexity index is 777. The van der Waals surface area contributed by atoms with E-state index < -0.39 is 0 Å². The summed E-state index contributed by atoms with van der Waals surface area (Å²) < 4.78 is 8.12. The molecule has 1 saturated heterocycles. The van der Waals surface area contributed by atoms with Gasteiger partial charge in [-0.15, -0.1) is 5.10 Å². The third-order valence-corrected chi connectivity index (χ3v) is 4.41. The van der Waals surface area contributed by atoms with Crippen LogP contribution in [0.3, 0.4) is 0 Å². The van der Waals surface area contributed by atoms with Crippen LogP contribution in [0.15, 0.2) is 66.9 Å². The molecular formula is C20H21N3O. The van der Waals surface area contributed by atoms with Gasteiger partial charge in [-0.25, -0.2) is 0 Å². The SMILES string of the molecule is c1ccc(COc2nn(C3CCNC3)cc2-c2ccccc2)cc1. The van der Waals surface area contributed by atoms with E-state index in [-0.39, 0.29) is 0 Å². The van der Waals surface area contributed by atoms with E-state index in [0.29, 0.717) is 18.5 Å². The first-order valence-corrected chi connectivity index (χ1v) is 8.42. The molecule has 2 aromatic carbocycles. The van der Waals surface area contributed by atoms with Gasteiger partial charge >= 0.3 is 0 Å². The second kappa shape index (κ2) is 6.89. The second-order valence-electron chi connectivity index (χ2n) is 6.11. The lowest BCUT2D eigenvalue weighted by molar-refractivity contribution is 0.288. The molecule has 24 heavy (non-hydrogen) atoms. The molecule has 3 aromatic rings. The van der Waals surface area contributed by atoms with Gasteiger partial charge in [-0.3, -0.25) is 4.68 Å². The molecule has 0 saturated carbocycles. The second-order valence-corrected chi connectivity index (χ2v) is 6.11. The molecule has 4 nitrogen and oxygen atoms in total. The number of ether oxygens (including phenoxy) is 1. The summed E-state index contributed by atoms with van der Waals surface area (Å²) in [5.74, 6) is 0.706. The molecule has 1 fully saturated rings. The Labute approximate surface area is 142 Å². The van der Waals surface area contributed by atoms with Crippen LogP contribution in [-0.4, -0.2) is 22.9 Å². The minimum atomic E-state index is 0.404. The molecule has 4 heteroatoms. The topological polar surface area (TPSA) is 39.1 Å².